The summed E-state index contributed by atoms with van der Waals surface area (Å²) in [5.41, 5.74) is 18.3. The highest BCUT2D eigenvalue weighted by molar-refractivity contribution is 5.85. The molecule has 0 aliphatic rings. The molecule has 438 valence electrons. The summed E-state index contributed by atoms with van der Waals surface area (Å²) in [6.07, 6.45) is 40.2. The average Bonchev–Trinajstić information content (AvgIpc) is 3.40. The number of ether oxygens (including phenoxy) is 4. The lowest BCUT2D eigenvalue weighted by molar-refractivity contribution is 0.284. The van der Waals surface area contributed by atoms with Crippen molar-refractivity contribution in [2.24, 2.45) is 0 Å². The number of methoxy groups -OCH3 is 4. The van der Waals surface area contributed by atoms with Gasteiger partial charge in [0, 0.05) is 32.7 Å². The Bertz CT molecular complexity index is 2500. The summed E-state index contributed by atoms with van der Waals surface area (Å²) in [6.45, 7) is 26.7. The zero-order valence-electron chi connectivity index (χ0n) is 51.7. The fraction of sp³-hybridized carbons (Fsp3) is 0.493. The highest BCUT2D eigenvalue weighted by atomic mass is 35.5. The SMILES string of the molecule is COc1ccc(CNCc2cccc(CN(C/C=C(\C)CC/C=C(\C)CC/C=C(\C)CC/C=C(\C)CC/C=C(\C)CC/C=C(\C)CC/C=C(\C)CC/C=C(\C)CCC=C(C)C)Cc3ccc(OC)c(OC)c3)c2)cc1OC.Cl.Cl. The number of allylic oxidation sites excluding steroid dienone is 17. The van der Waals surface area contributed by atoms with Crippen molar-refractivity contribution in [2.75, 3.05) is 35.0 Å². The van der Waals surface area contributed by atoms with Gasteiger partial charge in [0.1, 0.15) is 0 Å². The van der Waals surface area contributed by atoms with Gasteiger partial charge in [-0.25, -0.2) is 0 Å². The quantitative estimate of drug-likeness (QED) is 0.0577. The molecule has 0 saturated heterocycles. The van der Waals surface area contributed by atoms with E-state index in [4.69, 9.17) is 18.9 Å². The number of benzene rings is 3. The molecule has 1 N–H and O–H groups in total. The van der Waals surface area contributed by atoms with Gasteiger partial charge in [-0.15, -0.1) is 24.8 Å². The molecule has 0 fully saturated rings. The third kappa shape index (κ3) is 32.8. The van der Waals surface area contributed by atoms with Gasteiger partial charge in [0.25, 0.3) is 0 Å². The molecule has 0 amide bonds. The van der Waals surface area contributed by atoms with E-state index in [0.717, 1.165) is 145 Å². The van der Waals surface area contributed by atoms with Crippen LogP contribution in [0.25, 0.3) is 0 Å². The molecule has 0 unspecified atom stereocenters. The Morgan fingerprint density at radius 3 is 1.00 bits per heavy atom. The Morgan fingerprint density at radius 2 is 0.646 bits per heavy atom. The zero-order chi connectivity index (χ0) is 56.2. The van der Waals surface area contributed by atoms with Crippen molar-refractivity contribution >= 4 is 24.8 Å². The molecule has 3 aromatic carbocycles. The molecular weight excluding hydrogens is 1020 g/mol. The summed E-state index contributed by atoms with van der Waals surface area (Å²) < 4.78 is 22.1. The van der Waals surface area contributed by atoms with Crippen LogP contribution >= 0.6 is 24.8 Å². The first-order valence-electron chi connectivity index (χ1n) is 28.9. The van der Waals surface area contributed by atoms with Crippen LogP contribution in [0.1, 0.15) is 194 Å². The Kier molecular flexibility index (Phi) is 39.1. The molecule has 0 bridgehead atoms. The number of halogens is 2. The predicted molar refractivity (Wildman–Crippen MR) is 348 cm³/mol. The van der Waals surface area contributed by atoms with Gasteiger partial charge in [-0.2, -0.15) is 0 Å². The summed E-state index contributed by atoms with van der Waals surface area (Å²) in [4.78, 5) is 2.51. The Balaban J connectivity index is 0.0000156. The van der Waals surface area contributed by atoms with Crippen molar-refractivity contribution < 1.29 is 18.9 Å². The van der Waals surface area contributed by atoms with Crippen molar-refractivity contribution in [1.82, 2.24) is 10.2 Å². The van der Waals surface area contributed by atoms with Crippen molar-refractivity contribution in [3.8, 4) is 23.0 Å². The highest BCUT2D eigenvalue weighted by Crippen LogP contribution is 2.30. The second kappa shape index (κ2) is 42.8. The summed E-state index contributed by atoms with van der Waals surface area (Å²) in [5, 5.41) is 3.61. The van der Waals surface area contributed by atoms with Crippen molar-refractivity contribution in [3.63, 3.8) is 0 Å². The lowest BCUT2D eigenvalue weighted by Crippen LogP contribution is -2.23. The minimum absolute atomic E-state index is 0. The number of nitrogens with zero attached hydrogens (tertiary/aromatic N) is 1. The third-order valence-electron chi connectivity index (χ3n) is 14.4. The van der Waals surface area contributed by atoms with E-state index in [1.165, 1.54) is 86.1 Å². The van der Waals surface area contributed by atoms with E-state index in [-0.39, 0.29) is 24.8 Å². The zero-order valence-corrected chi connectivity index (χ0v) is 53.3. The molecule has 0 spiro atoms. The van der Waals surface area contributed by atoms with E-state index in [9.17, 15) is 0 Å². The number of nitrogens with one attached hydrogen (secondary N) is 1. The minimum atomic E-state index is 0. The summed E-state index contributed by atoms with van der Waals surface area (Å²) in [6, 6.07) is 21.2. The number of hydrogen-bond donors (Lipinski definition) is 1. The van der Waals surface area contributed by atoms with E-state index >= 15 is 0 Å². The van der Waals surface area contributed by atoms with Crippen molar-refractivity contribution in [3.05, 3.63) is 188 Å². The van der Waals surface area contributed by atoms with Gasteiger partial charge in [-0.05, 0) is 218 Å². The topological polar surface area (TPSA) is 52.2 Å². The minimum Gasteiger partial charge on any atom is -0.493 e. The molecule has 79 heavy (non-hydrogen) atoms. The third-order valence-corrected chi connectivity index (χ3v) is 14.4. The molecule has 0 radical (unpaired) electrons. The molecule has 0 saturated carbocycles. The van der Waals surface area contributed by atoms with Gasteiger partial charge < -0.3 is 24.3 Å². The second-order valence-corrected chi connectivity index (χ2v) is 22.0. The maximum absolute atomic E-state index is 5.67. The molecule has 6 nitrogen and oxygen atoms in total. The molecule has 0 atom stereocenters. The Labute approximate surface area is 495 Å². The summed E-state index contributed by atoms with van der Waals surface area (Å²) >= 11 is 0. The first-order valence-corrected chi connectivity index (χ1v) is 28.9. The summed E-state index contributed by atoms with van der Waals surface area (Å²) in [7, 11) is 6.72. The van der Waals surface area contributed by atoms with E-state index < -0.39 is 0 Å². The van der Waals surface area contributed by atoms with Crippen LogP contribution in [0.2, 0.25) is 0 Å². The van der Waals surface area contributed by atoms with Crippen LogP contribution in [0.4, 0.5) is 0 Å². The Morgan fingerprint density at radius 1 is 0.354 bits per heavy atom. The Hall–Kier alpha value is -4.98. The molecule has 8 heteroatoms. The van der Waals surface area contributed by atoms with E-state index in [1.807, 2.05) is 18.2 Å². The maximum Gasteiger partial charge on any atom is 0.161 e. The molecule has 0 heterocycles. The van der Waals surface area contributed by atoms with Gasteiger partial charge in [0.05, 0.1) is 28.4 Å². The second-order valence-electron chi connectivity index (χ2n) is 22.0. The lowest BCUT2D eigenvalue weighted by atomic mass is 10.0. The van der Waals surface area contributed by atoms with Crippen LogP contribution in [-0.4, -0.2) is 39.9 Å². The number of hydrogen-bond acceptors (Lipinski definition) is 6. The molecule has 3 aromatic rings. The average molecular weight is 1120 g/mol. The van der Waals surface area contributed by atoms with E-state index in [2.05, 4.69) is 177 Å². The van der Waals surface area contributed by atoms with Gasteiger partial charge in [0.15, 0.2) is 23.0 Å². The van der Waals surface area contributed by atoms with Crippen molar-refractivity contribution in [1.29, 1.82) is 0 Å². The smallest absolute Gasteiger partial charge is 0.161 e. The predicted octanol–water partition coefficient (Wildman–Crippen LogP) is 20.6. The molecular formula is C71H106Cl2N2O4. The van der Waals surface area contributed by atoms with Crippen LogP contribution in [-0.2, 0) is 26.2 Å². The van der Waals surface area contributed by atoms with Crippen LogP contribution in [0.5, 0.6) is 23.0 Å². The van der Waals surface area contributed by atoms with Crippen LogP contribution in [0.15, 0.2) is 166 Å². The molecule has 3 rings (SSSR count). The highest BCUT2D eigenvalue weighted by Gasteiger charge is 2.12. The first-order chi connectivity index (χ1) is 37.1. The largest absolute Gasteiger partial charge is 0.493 e. The molecule has 0 aromatic heterocycles. The molecule has 0 aliphatic heterocycles. The first kappa shape index (κ1) is 72.0. The standard InChI is InChI=1S/C71H104N2O4.2ClH/c1-55(2)24-15-25-56(3)26-16-27-57(4)28-17-29-58(5)30-18-31-59(6)32-19-33-60(7)34-20-35-61(8)36-21-37-62(9)38-22-39-63(10)46-47-73(54-67-43-45-69(75-12)71(50-67)77-14)53-66-41-23-40-64(48-66)51-72-52-65-42-44-68(74-11)70(49-65)76-13;;/h23-24,26,28,30,32,34,36,38,40-46,48-50,72H,15-22,25,27,29,31,33,35,37,39,47,51-54H2,1-14H3;2*1H/b56-26+,57-28+,58-30+,59-32+,60-34+,61-36+,62-38+,63-46+;;. The maximum atomic E-state index is 5.67. The van der Waals surface area contributed by atoms with Crippen molar-refractivity contribution in [2.45, 2.75) is 198 Å². The summed E-state index contributed by atoms with van der Waals surface area (Å²) in [5.74, 6) is 2.98. The van der Waals surface area contributed by atoms with E-state index in [1.54, 1.807) is 28.4 Å². The fourth-order valence-electron chi connectivity index (χ4n) is 9.37. The normalized spacial score (nSPS) is 13.1. The molecule has 0 aliphatic carbocycles. The van der Waals surface area contributed by atoms with Gasteiger partial charge in [-0.1, -0.05) is 141 Å². The van der Waals surface area contributed by atoms with Gasteiger partial charge in [-0.3, -0.25) is 4.90 Å². The van der Waals surface area contributed by atoms with E-state index in [0.29, 0.717) is 0 Å². The van der Waals surface area contributed by atoms with Gasteiger partial charge in [0.2, 0.25) is 0 Å². The lowest BCUT2D eigenvalue weighted by Gasteiger charge is -2.22. The number of rotatable bonds is 38. The monoisotopic (exact) mass is 1120 g/mol. The fourth-order valence-corrected chi connectivity index (χ4v) is 9.37. The van der Waals surface area contributed by atoms with Crippen LogP contribution in [0.3, 0.4) is 0 Å². The van der Waals surface area contributed by atoms with Crippen LogP contribution in [0, 0.1) is 0 Å². The van der Waals surface area contributed by atoms with Gasteiger partial charge >= 0.3 is 0 Å². The van der Waals surface area contributed by atoms with Crippen LogP contribution < -0.4 is 24.3 Å².